The maximum Gasteiger partial charge on any atom is 0.231 e. The molecule has 6 heteroatoms. The van der Waals surface area contributed by atoms with Crippen molar-refractivity contribution in [3.05, 3.63) is 35.9 Å². The molecule has 0 spiro atoms. The molecule has 1 aliphatic rings. The molecule has 4 nitrogen and oxygen atoms in total. The zero-order valence-corrected chi connectivity index (χ0v) is 13.2. The zero-order valence-electron chi connectivity index (χ0n) is 11.5. The van der Waals surface area contributed by atoms with Crippen molar-refractivity contribution in [3.8, 4) is 0 Å². The number of primary amides is 1. The molecule has 0 radical (unpaired) electrons. The maximum atomic E-state index is 10.8. The standard InChI is InChI=1S/C14H21N3O.2ClH/c15-14(18)12-17-10-8-16(9-11-17)7-6-13-4-2-1-3-5-13;;/h1-5H,6-12H2,(H2,15,18);2*1H. The first-order chi connectivity index (χ1) is 8.74. The molecule has 1 aromatic rings. The highest BCUT2D eigenvalue weighted by Gasteiger charge is 2.17. The Morgan fingerprint density at radius 3 is 2.10 bits per heavy atom. The number of carbonyl (C=O) groups excluding carboxylic acids is 1. The van der Waals surface area contributed by atoms with Gasteiger partial charge in [-0.3, -0.25) is 9.69 Å². The summed E-state index contributed by atoms with van der Waals surface area (Å²) in [5.41, 5.74) is 6.58. The fraction of sp³-hybridized carbons (Fsp3) is 0.500. The fourth-order valence-electron chi connectivity index (χ4n) is 2.32. The number of hydrogen-bond donors (Lipinski definition) is 1. The van der Waals surface area contributed by atoms with Gasteiger partial charge in [0.05, 0.1) is 6.54 Å². The second-order valence-electron chi connectivity index (χ2n) is 4.82. The van der Waals surface area contributed by atoms with Crippen molar-refractivity contribution in [1.82, 2.24) is 9.80 Å². The van der Waals surface area contributed by atoms with Gasteiger partial charge in [0.1, 0.15) is 0 Å². The van der Waals surface area contributed by atoms with Crippen molar-refractivity contribution < 1.29 is 4.79 Å². The van der Waals surface area contributed by atoms with Crippen LogP contribution in [0.1, 0.15) is 5.56 Å². The van der Waals surface area contributed by atoms with Crippen LogP contribution in [0.2, 0.25) is 0 Å². The van der Waals surface area contributed by atoms with Gasteiger partial charge < -0.3 is 10.6 Å². The first kappa shape index (κ1) is 19.2. The second-order valence-corrected chi connectivity index (χ2v) is 4.82. The van der Waals surface area contributed by atoms with Crippen LogP contribution in [-0.4, -0.2) is 55.0 Å². The van der Waals surface area contributed by atoms with Crippen LogP contribution in [0.4, 0.5) is 0 Å². The molecule has 1 aromatic carbocycles. The molecule has 20 heavy (non-hydrogen) atoms. The largest absolute Gasteiger partial charge is 0.369 e. The third-order valence-electron chi connectivity index (χ3n) is 3.40. The number of halogens is 2. The molecule has 0 aliphatic carbocycles. The third kappa shape index (κ3) is 6.57. The van der Waals surface area contributed by atoms with E-state index in [2.05, 4.69) is 34.1 Å². The molecule has 0 unspecified atom stereocenters. The van der Waals surface area contributed by atoms with E-state index in [0.29, 0.717) is 6.54 Å². The Morgan fingerprint density at radius 2 is 1.55 bits per heavy atom. The normalized spacial score (nSPS) is 16.0. The van der Waals surface area contributed by atoms with Gasteiger partial charge in [-0.05, 0) is 12.0 Å². The van der Waals surface area contributed by atoms with Crippen LogP contribution in [0.5, 0.6) is 0 Å². The molecule has 0 aromatic heterocycles. The summed E-state index contributed by atoms with van der Waals surface area (Å²) in [5, 5.41) is 0. The molecule has 1 heterocycles. The van der Waals surface area contributed by atoms with E-state index in [1.165, 1.54) is 5.56 Å². The summed E-state index contributed by atoms with van der Waals surface area (Å²) in [7, 11) is 0. The highest BCUT2D eigenvalue weighted by Crippen LogP contribution is 2.05. The van der Waals surface area contributed by atoms with Crippen LogP contribution in [0, 0.1) is 0 Å². The molecular weight excluding hydrogens is 297 g/mol. The van der Waals surface area contributed by atoms with Gasteiger partial charge in [0.25, 0.3) is 0 Å². The number of carbonyl (C=O) groups is 1. The molecule has 1 aliphatic heterocycles. The van der Waals surface area contributed by atoms with Gasteiger partial charge in [0, 0.05) is 32.7 Å². The van der Waals surface area contributed by atoms with Crippen LogP contribution in [-0.2, 0) is 11.2 Å². The number of amides is 1. The van der Waals surface area contributed by atoms with E-state index >= 15 is 0 Å². The number of nitrogens with two attached hydrogens (primary N) is 1. The van der Waals surface area contributed by atoms with E-state index in [-0.39, 0.29) is 30.7 Å². The van der Waals surface area contributed by atoms with E-state index in [1.807, 2.05) is 6.07 Å². The average molecular weight is 320 g/mol. The van der Waals surface area contributed by atoms with Crippen molar-refractivity contribution in [2.45, 2.75) is 6.42 Å². The summed E-state index contributed by atoms with van der Waals surface area (Å²) in [4.78, 5) is 15.4. The van der Waals surface area contributed by atoms with Gasteiger partial charge in [-0.25, -0.2) is 0 Å². The minimum atomic E-state index is -0.229. The monoisotopic (exact) mass is 319 g/mol. The van der Waals surface area contributed by atoms with Gasteiger partial charge in [-0.15, -0.1) is 24.8 Å². The number of rotatable bonds is 5. The van der Waals surface area contributed by atoms with Crippen LogP contribution in [0.3, 0.4) is 0 Å². The Kier molecular flexibility index (Phi) is 9.59. The summed E-state index contributed by atoms with van der Waals surface area (Å²) in [6, 6.07) is 10.6. The Hall–Kier alpha value is -0.810. The SMILES string of the molecule is Cl.Cl.NC(=O)CN1CCN(CCc2ccccc2)CC1. The number of piperazine rings is 1. The van der Waals surface area contributed by atoms with Gasteiger partial charge in [-0.2, -0.15) is 0 Å². The molecule has 2 N–H and O–H groups in total. The Balaban J connectivity index is 0.00000180. The minimum absolute atomic E-state index is 0. The number of nitrogens with zero attached hydrogens (tertiary/aromatic N) is 2. The van der Waals surface area contributed by atoms with Crippen molar-refractivity contribution in [2.75, 3.05) is 39.3 Å². The van der Waals surface area contributed by atoms with Gasteiger partial charge in [-0.1, -0.05) is 30.3 Å². The van der Waals surface area contributed by atoms with Crippen LogP contribution in [0.25, 0.3) is 0 Å². The van der Waals surface area contributed by atoms with Crippen molar-refractivity contribution in [2.24, 2.45) is 5.73 Å². The quantitative estimate of drug-likeness (QED) is 0.886. The first-order valence-corrected chi connectivity index (χ1v) is 6.51. The molecule has 2 rings (SSSR count). The first-order valence-electron chi connectivity index (χ1n) is 6.51. The molecule has 0 atom stereocenters. The van der Waals surface area contributed by atoms with E-state index in [4.69, 9.17) is 5.73 Å². The molecule has 114 valence electrons. The van der Waals surface area contributed by atoms with Crippen molar-refractivity contribution in [1.29, 1.82) is 0 Å². The molecular formula is C14H23Cl2N3O. The van der Waals surface area contributed by atoms with Crippen molar-refractivity contribution >= 4 is 30.7 Å². The lowest BCUT2D eigenvalue weighted by Crippen LogP contribution is -2.49. The van der Waals surface area contributed by atoms with E-state index in [9.17, 15) is 4.79 Å². The summed E-state index contributed by atoms with van der Waals surface area (Å²) in [6.07, 6.45) is 1.09. The molecule has 1 saturated heterocycles. The molecule has 1 fully saturated rings. The van der Waals surface area contributed by atoms with Crippen LogP contribution < -0.4 is 5.73 Å². The topological polar surface area (TPSA) is 49.6 Å². The highest BCUT2D eigenvalue weighted by atomic mass is 35.5. The third-order valence-corrected chi connectivity index (χ3v) is 3.40. The predicted octanol–water partition coefficient (Wildman–Crippen LogP) is 1.18. The molecule has 0 saturated carbocycles. The Bertz CT molecular complexity index is 381. The predicted molar refractivity (Wildman–Crippen MR) is 86.7 cm³/mol. The molecule has 0 bridgehead atoms. The minimum Gasteiger partial charge on any atom is -0.369 e. The smallest absolute Gasteiger partial charge is 0.231 e. The van der Waals surface area contributed by atoms with E-state index < -0.39 is 0 Å². The lowest BCUT2D eigenvalue weighted by atomic mass is 10.1. The fourth-order valence-corrected chi connectivity index (χ4v) is 2.32. The summed E-state index contributed by atoms with van der Waals surface area (Å²) < 4.78 is 0. The zero-order chi connectivity index (χ0) is 12.8. The average Bonchev–Trinajstić information content (AvgIpc) is 2.38. The summed E-state index contributed by atoms with van der Waals surface area (Å²) in [5.74, 6) is -0.229. The number of hydrogen-bond acceptors (Lipinski definition) is 3. The van der Waals surface area contributed by atoms with E-state index in [0.717, 1.165) is 39.1 Å². The van der Waals surface area contributed by atoms with Crippen LogP contribution >= 0.6 is 24.8 Å². The van der Waals surface area contributed by atoms with Gasteiger partial charge in [0.2, 0.25) is 5.91 Å². The maximum absolute atomic E-state index is 10.8. The second kappa shape index (κ2) is 10.00. The van der Waals surface area contributed by atoms with Crippen LogP contribution in [0.15, 0.2) is 30.3 Å². The Morgan fingerprint density at radius 1 is 1.00 bits per heavy atom. The van der Waals surface area contributed by atoms with E-state index in [1.54, 1.807) is 0 Å². The van der Waals surface area contributed by atoms with Gasteiger partial charge in [0.15, 0.2) is 0 Å². The summed E-state index contributed by atoms with van der Waals surface area (Å²) in [6.45, 7) is 5.43. The highest BCUT2D eigenvalue weighted by molar-refractivity contribution is 5.85. The summed E-state index contributed by atoms with van der Waals surface area (Å²) >= 11 is 0. The molecule has 1 amide bonds. The lowest BCUT2D eigenvalue weighted by molar-refractivity contribution is -0.119. The number of benzene rings is 1. The lowest BCUT2D eigenvalue weighted by Gasteiger charge is -2.33. The van der Waals surface area contributed by atoms with Crippen molar-refractivity contribution in [3.63, 3.8) is 0 Å². The Labute approximate surface area is 133 Å². The van der Waals surface area contributed by atoms with Gasteiger partial charge >= 0.3 is 0 Å².